The average molecular weight is 336 g/mol. The molecule has 0 aromatic heterocycles. The van der Waals surface area contributed by atoms with E-state index in [4.69, 9.17) is 0 Å². The number of benzene rings is 2. The molecule has 2 aromatic rings. The van der Waals surface area contributed by atoms with E-state index in [-0.39, 0.29) is 12.5 Å². The highest BCUT2D eigenvalue weighted by atomic mass is 19.4. The van der Waals surface area contributed by atoms with Crippen LogP contribution < -0.4 is 10.6 Å². The normalized spacial score (nSPS) is 11.3. The fourth-order valence-electron chi connectivity index (χ4n) is 2.35. The number of amides is 1. The number of carbonyl (C=O) groups excluding carboxylic acids is 1. The minimum Gasteiger partial charge on any atom is -0.348 e. The first-order valence-corrected chi connectivity index (χ1v) is 7.58. The Bertz CT molecular complexity index is 699. The summed E-state index contributed by atoms with van der Waals surface area (Å²) in [5.41, 5.74) is 1.13. The van der Waals surface area contributed by atoms with Crippen LogP contribution in [-0.4, -0.2) is 19.5 Å². The number of rotatable bonds is 6. The van der Waals surface area contributed by atoms with Crippen LogP contribution in [0.15, 0.2) is 48.5 Å². The van der Waals surface area contributed by atoms with Gasteiger partial charge in [-0.05, 0) is 49.3 Å². The van der Waals surface area contributed by atoms with Crippen molar-refractivity contribution in [3.8, 4) is 0 Å². The maximum atomic E-state index is 12.7. The molecule has 0 heterocycles. The summed E-state index contributed by atoms with van der Waals surface area (Å²) in [5.74, 6) is -0.292. The topological polar surface area (TPSA) is 41.1 Å². The summed E-state index contributed by atoms with van der Waals surface area (Å²) in [6.07, 6.45) is -3.69. The van der Waals surface area contributed by atoms with E-state index in [2.05, 4.69) is 10.6 Å². The monoisotopic (exact) mass is 336 g/mol. The first-order chi connectivity index (χ1) is 11.4. The van der Waals surface area contributed by atoms with E-state index in [1.807, 2.05) is 19.2 Å². The molecule has 0 aliphatic rings. The van der Waals surface area contributed by atoms with Crippen molar-refractivity contribution in [3.63, 3.8) is 0 Å². The van der Waals surface area contributed by atoms with E-state index in [0.29, 0.717) is 17.5 Å². The molecular weight excluding hydrogens is 317 g/mol. The lowest BCUT2D eigenvalue weighted by atomic mass is 10.0. The highest BCUT2D eigenvalue weighted by Gasteiger charge is 2.30. The Morgan fingerprint density at radius 1 is 1.08 bits per heavy atom. The van der Waals surface area contributed by atoms with Crippen LogP contribution in [0, 0.1) is 0 Å². The summed E-state index contributed by atoms with van der Waals surface area (Å²) in [6, 6.07) is 12.2. The highest BCUT2D eigenvalue weighted by molar-refractivity contribution is 5.95. The predicted octanol–water partition coefficient (Wildman–Crippen LogP) is 3.40. The predicted molar refractivity (Wildman–Crippen MR) is 86.7 cm³/mol. The fraction of sp³-hybridized carbons (Fsp3) is 0.278. The Hall–Kier alpha value is -2.34. The third kappa shape index (κ3) is 4.83. The molecule has 0 aliphatic carbocycles. The molecule has 3 nitrogen and oxygen atoms in total. The van der Waals surface area contributed by atoms with E-state index in [9.17, 15) is 18.0 Å². The molecule has 0 spiro atoms. The first-order valence-electron chi connectivity index (χ1n) is 7.58. The van der Waals surface area contributed by atoms with E-state index in [1.165, 1.54) is 6.07 Å². The van der Waals surface area contributed by atoms with Crippen molar-refractivity contribution >= 4 is 5.91 Å². The quantitative estimate of drug-likeness (QED) is 0.849. The fourth-order valence-corrected chi connectivity index (χ4v) is 2.35. The van der Waals surface area contributed by atoms with Crippen LogP contribution in [0.5, 0.6) is 0 Å². The van der Waals surface area contributed by atoms with Crippen molar-refractivity contribution in [3.05, 3.63) is 70.8 Å². The number of hydrogen-bond donors (Lipinski definition) is 2. The van der Waals surface area contributed by atoms with E-state index >= 15 is 0 Å². The second-order valence-corrected chi connectivity index (χ2v) is 5.39. The number of hydrogen-bond acceptors (Lipinski definition) is 2. The van der Waals surface area contributed by atoms with Crippen molar-refractivity contribution < 1.29 is 18.0 Å². The summed E-state index contributed by atoms with van der Waals surface area (Å²) in [4.78, 5) is 12.3. The van der Waals surface area contributed by atoms with Crippen molar-refractivity contribution in [2.45, 2.75) is 19.1 Å². The molecular formula is C18H19F3N2O. The van der Waals surface area contributed by atoms with E-state index < -0.39 is 11.7 Å². The van der Waals surface area contributed by atoms with Crippen molar-refractivity contribution in [1.82, 2.24) is 10.6 Å². The molecule has 1 amide bonds. The van der Waals surface area contributed by atoms with Gasteiger partial charge in [0.15, 0.2) is 0 Å². The molecule has 0 atom stereocenters. The minimum atomic E-state index is -4.39. The maximum Gasteiger partial charge on any atom is 0.416 e. The zero-order valence-electron chi connectivity index (χ0n) is 13.3. The second kappa shape index (κ2) is 7.97. The molecule has 2 rings (SSSR count). The van der Waals surface area contributed by atoms with E-state index in [1.54, 1.807) is 18.2 Å². The van der Waals surface area contributed by atoms with Gasteiger partial charge in [0.25, 0.3) is 5.91 Å². The number of halogens is 3. The van der Waals surface area contributed by atoms with Gasteiger partial charge < -0.3 is 10.6 Å². The molecule has 6 heteroatoms. The molecule has 24 heavy (non-hydrogen) atoms. The van der Waals surface area contributed by atoms with Crippen LogP contribution >= 0.6 is 0 Å². The van der Waals surface area contributed by atoms with Gasteiger partial charge in [-0.1, -0.05) is 30.3 Å². The van der Waals surface area contributed by atoms with Gasteiger partial charge in [0, 0.05) is 12.1 Å². The van der Waals surface area contributed by atoms with Gasteiger partial charge in [-0.15, -0.1) is 0 Å². The van der Waals surface area contributed by atoms with Crippen molar-refractivity contribution in [2.24, 2.45) is 0 Å². The number of nitrogens with one attached hydrogen (secondary N) is 2. The Kier molecular flexibility index (Phi) is 5.98. The lowest BCUT2D eigenvalue weighted by molar-refractivity contribution is -0.137. The molecule has 0 saturated carbocycles. The SMILES string of the molecule is CNCCc1ccccc1C(=O)NCc1cccc(C(F)(F)F)c1. The standard InChI is InChI=1S/C18H19F3N2O/c1-22-10-9-14-6-2-3-8-16(14)17(24)23-12-13-5-4-7-15(11-13)18(19,20)21/h2-8,11,22H,9-10,12H2,1H3,(H,23,24). The Morgan fingerprint density at radius 2 is 1.83 bits per heavy atom. The van der Waals surface area contributed by atoms with Crippen LogP contribution in [0.3, 0.4) is 0 Å². The first kappa shape index (κ1) is 18.0. The van der Waals surface area contributed by atoms with Crippen molar-refractivity contribution in [2.75, 3.05) is 13.6 Å². The number of likely N-dealkylation sites (N-methyl/N-ethyl adjacent to an activating group) is 1. The summed E-state index contributed by atoms with van der Waals surface area (Å²) in [6.45, 7) is 0.779. The van der Waals surface area contributed by atoms with Gasteiger partial charge in [-0.25, -0.2) is 0 Å². The summed E-state index contributed by atoms with van der Waals surface area (Å²) < 4.78 is 38.1. The molecule has 0 unspecified atom stereocenters. The van der Waals surface area contributed by atoms with Gasteiger partial charge in [-0.2, -0.15) is 13.2 Å². The lowest BCUT2D eigenvalue weighted by Crippen LogP contribution is -2.25. The lowest BCUT2D eigenvalue weighted by Gasteiger charge is -2.11. The van der Waals surface area contributed by atoms with Gasteiger partial charge in [0.05, 0.1) is 5.56 Å². The number of alkyl halides is 3. The van der Waals surface area contributed by atoms with Gasteiger partial charge >= 0.3 is 6.18 Å². The van der Waals surface area contributed by atoms with Crippen LogP contribution in [0.4, 0.5) is 13.2 Å². The Labute approximate surface area is 138 Å². The molecule has 2 N–H and O–H groups in total. The van der Waals surface area contributed by atoms with Crippen LogP contribution in [-0.2, 0) is 19.1 Å². The highest BCUT2D eigenvalue weighted by Crippen LogP contribution is 2.29. The van der Waals surface area contributed by atoms with Crippen molar-refractivity contribution in [1.29, 1.82) is 0 Å². The summed E-state index contributed by atoms with van der Waals surface area (Å²) in [7, 11) is 1.83. The van der Waals surface area contributed by atoms with Crippen LogP contribution in [0.1, 0.15) is 27.0 Å². The zero-order valence-corrected chi connectivity index (χ0v) is 13.3. The maximum absolute atomic E-state index is 12.7. The third-order valence-corrected chi connectivity index (χ3v) is 3.61. The smallest absolute Gasteiger partial charge is 0.348 e. The van der Waals surface area contributed by atoms with Gasteiger partial charge in [0.1, 0.15) is 0 Å². The largest absolute Gasteiger partial charge is 0.416 e. The molecule has 0 bridgehead atoms. The molecule has 0 radical (unpaired) electrons. The zero-order chi connectivity index (χ0) is 17.6. The van der Waals surface area contributed by atoms with Gasteiger partial charge in [-0.3, -0.25) is 4.79 Å². The second-order valence-electron chi connectivity index (χ2n) is 5.39. The number of carbonyl (C=O) groups is 1. The van der Waals surface area contributed by atoms with E-state index in [0.717, 1.165) is 24.2 Å². The molecule has 0 saturated heterocycles. The minimum absolute atomic E-state index is 0.0448. The summed E-state index contributed by atoms with van der Waals surface area (Å²) in [5, 5.41) is 5.71. The Balaban J connectivity index is 2.06. The van der Waals surface area contributed by atoms with Crippen LogP contribution in [0.25, 0.3) is 0 Å². The third-order valence-electron chi connectivity index (χ3n) is 3.61. The molecule has 0 aliphatic heterocycles. The van der Waals surface area contributed by atoms with Gasteiger partial charge in [0.2, 0.25) is 0 Å². The molecule has 2 aromatic carbocycles. The molecule has 0 fully saturated rings. The molecule has 128 valence electrons. The van der Waals surface area contributed by atoms with Crippen LogP contribution in [0.2, 0.25) is 0 Å². The summed E-state index contributed by atoms with van der Waals surface area (Å²) >= 11 is 0. The average Bonchev–Trinajstić information content (AvgIpc) is 2.57. The Morgan fingerprint density at radius 3 is 2.54 bits per heavy atom.